The lowest BCUT2D eigenvalue weighted by Crippen LogP contribution is -2.52. The van der Waals surface area contributed by atoms with Gasteiger partial charge in [0.25, 0.3) is 0 Å². The molecule has 2 aliphatic heterocycles. The Morgan fingerprint density at radius 2 is 2.09 bits per heavy atom. The maximum Gasteiger partial charge on any atom is 0.194 e. The van der Waals surface area contributed by atoms with Gasteiger partial charge in [-0.05, 0) is 44.7 Å². The number of nitrogens with zero attached hydrogens (tertiary/aromatic N) is 6. The zero-order valence-corrected chi connectivity index (χ0v) is 19.7. The molecule has 3 heterocycles. The fraction of sp³-hybridized carbons (Fsp3) is 0.625. The summed E-state index contributed by atoms with van der Waals surface area (Å²) in [4.78, 5) is 9.67. The number of guanidine groups is 1. The first-order valence-electron chi connectivity index (χ1n) is 11.9. The average molecular weight is 440 g/mol. The second kappa shape index (κ2) is 10.8. The van der Waals surface area contributed by atoms with Crippen molar-refractivity contribution in [2.75, 3.05) is 44.7 Å². The van der Waals surface area contributed by atoms with Crippen LogP contribution in [-0.4, -0.2) is 71.6 Å². The molecule has 32 heavy (non-hydrogen) atoms. The van der Waals surface area contributed by atoms with Crippen LogP contribution in [0.1, 0.15) is 37.3 Å². The third-order valence-corrected chi connectivity index (χ3v) is 6.72. The maximum absolute atomic E-state index is 6.01. The fourth-order valence-electron chi connectivity index (χ4n) is 4.61. The van der Waals surface area contributed by atoms with Crippen LogP contribution < -0.4 is 10.2 Å². The highest BCUT2D eigenvalue weighted by molar-refractivity contribution is 5.80. The quantitative estimate of drug-likeness (QED) is 0.406. The second-order valence-electron chi connectivity index (χ2n) is 8.95. The summed E-state index contributed by atoms with van der Waals surface area (Å²) < 4.78 is 8.02. The molecule has 0 saturated carbocycles. The minimum Gasteiger partial charge on any atom is -0.378 e. The van der Waals surface area contributed by atoms with E-state index in [9.17, 15) is 0 Å². The van der Waals surface area contributed by atoms with Crippen LogP contribution in [0, 0.1) is 12.8 Å². The lowest BCUT2D eigenvalue weighted by Gasteiger charge is -2.42. The molecule has 0 amide bonds. The van der Waals surface area contributed by atoms with E-state index in [-0.39, 0.29) is 0 Å². The number of aromatic nitrogens is 3. The molecule has 2 atom stereocenters. The van der Waals surface area contributed by atoms with Crippen LogP contribution in [0.15, 0.2) is 35.3 Å². The smallest absolute Gasteiger partial charge is 0.194 e. The Hall–Kier alpha value is -2.61. The van der Waals surface area contributed by atoms with Gasteiger partial charge in [-0.3, -0.25) is 0 Å². The molecule has 8 nitrogen and oxygen atoms in total. The number of aryl methyl sites for hydroxylation is 1. The first-order valence-corrected chi connectivity index (χ1v) is 11.9. The van der Waals surface area contributed by atoms with E-state index >= 15 is 0 Å². The van der Waals surface area contributed by atoms with E-state index in [4.69, 9.17) is 9.73 Å². The molecular formula is C24H37N7O. The Balaban J connectivity index is 1.37. The zero-order chi connectivity index (χ0) is 22.3. The van der Waals surface area contributed by atoms with Crippen molar-refractivity contribution in [1.82, 2.24) is 25.0 Å². The largest absolute Gasteiger partial charge is 0.378 e. The monoisotopic (exact) mass is 439 g/mol. The first-order chi connectivity index (χ1) is 15.6. The van der Waals surface area contributed by atoms with Gasteiger partial charge in [-0.1, -0.05) is 18.2 Å². The first kappa shape index (κ1) is 22.6. The molecule has 2 saturated heterocycles. The third kappa shape index (κ3) is 5.59. The van der Waals surface area contributed by atoms with E-state index < -0.39 is 0 Å². The Morgan fingerprint density at radius 1 is 1.25 bits per heavy atom. The number of ether oxygens (including phenoxy) is 1. The molecular weight excluding hydrogens is 402 g/mol. The summed E-state index contributed by atoms with van der Waals surface area (Å²) in [5, 5.41) is 12.1. The summed E-state index contributed by atoms with van der Waals surface area (Å²) in [6.45, 7) is 7.29. The van der Waals surface area contributed by atoms with Crippen LogP contribution >= 0.6 is 0 Å². The molecule has 0 aliphatic carbocycles. The molecule has 0 bridgehead atoms. The Kier molecular flexibility index (Phi) is 7.63. The van der Waals surface area contributed by atoms with Gasteiger partial charge in [-0.25, -0.2) is 4.99 Å². The number of likely N-dealkylation sites (tertiary alicyclic amines) is 1. The predicted octanol–water partition coefficient (Wildman–Crippen LogP) is 2.60. The van der Waals surface area contributed by atoms with E-state index in [0.717, 1.165) is 63.2 Å². The molecule has 2 aromatic rings. The van der Waals surface area contributed by atoms with Gasteiger partial charge in [0.2, 0.25) is 0 Å². The fourth-order valence-corrected chi connectivity index (χ4v) is 4.61. The van der Waals surface area contributed by atoms with Crippen molar-refractivity contribution < 1.29 is 4.74 Å². The average Bonchev–Trinajstić information content (AvgIpc) is 3.16. The Morgan fingerprint density at radius 3 is 2.88 bits per heavy atom. The Bertz CT molecular complexity index is 882. The molecule has 1 N–H and O–H groups in total. The highest BCUT2D eigenvalue weighted by atomic mass is 16.5. The molecule has 2 aliphatic rings. The van der Waals surface area contributed by atoms with Gasteiger partial charge in [-0.15, -0.1) is 10.2 Å². The normalized spacial score (nSPS) is 21.3. The van der Waals surface area contributed by atoms with Gasteiger partial charge in [-0.2, -0.15) is 0 Å². The summed E-state index contributed by atoms with van der Waals surface area (Å²) in [6.07, 6.45) is 4.95. The zero-order valence-electron chi connectivity index (χ0n) is 19.7. The lowest BCUT2D eigenvalue weighted by atomic mass is 9.88. The molecule has 1 aromatic carbocycles. The molecule has 0 spiro atoms. The number of nitrogens with one attached hydrogen (secondary N) is 1. The second-order valence-corrected chi connectivity index (χ2v) is 8.95. The summed E-state index contributed by atoms with van der Waals surface area (Å²) >= 11 is 0. The van der Waals surface area contributed by atoms with Gasteiger partial charge in [0, 0.05) is 58.5 Å². The van der Waals surface area contributed by atoms with Gasteiger partial charge in [0.1, 0.15) is 12.4 Å². The van der Waals surface area contributed by atoms with Gasteiger partial charge >= 0.3 is 0 Å². The highest BCUT2D eigenvalue weighted by Crippen LogP contribution is 2.28. The van der Waals surface area contributed by atoms with Crippen LogP contribution in [0.3, 0.4) is 0 Å². The van der Waals surface area contributed by atoms with Crippen molar-refractivity contribution in [1.29, 1.82) is 0 Å². The van der Waals surface area contributed by atoms with E-state index in [0.29, 0.717) is 18.6 Å². The summed E-state index contributed by atoms with van der Waals surface area (Å²) in [7, 11) is 4.14. The number of rotatable bonds is 7. The molecule has 2 unspecified atom stereocenters. The summed E-state index contributed by atoms with van der Waals surface area (Å²) in [5.41, 5.74) is 1.25. The number of hydrogen-bond acceptors (Lipinski definition) is 5. The number of anilines is 1. The molecule has 0 radical (unpaired) electrons. The van der Waals surface area contributed by atoms with Crippen LogP contribution in [0.25, 0.3) is 0 Å². The van der Waals surface area contributed by atoms with E-state index in [1.807, 2.05) is 18.5 Å². The van der Waals surface area contributed by atoms with Crippen LogP contribution in [0.2, 0.25) is 0 Å². The van der Waals surface area contributed by atoms with Crippen molar-refractivity contribution in [3.63, 3.8) is 0 Å². The summed E-state index contributed by atoms with van der Waals surface area (Å²) in [5.74, 6) is 3.39. The van der Waals surface area contributed by atoms with Crippen molar-refractivity contribution in [3.05, 3.63) is 42.0 Å². The third-order valence-electron chi connectivity index (χ3n) is 6.72. The Labute approximate surface area is 191 Å². The molecule has 2 fully saturated rings. The number of benzene rings is 1. The van der Waals surface area contributed by atoms with Gasteiger partial charge < -0.3 is 24.4 Å². The number of fused-ring (bicyclic) bond motifs is 1. The standard InChI is InChI=1S/C24H37N7O/c1-19-27-28-23(30(19)3)17-26-24(31-15-12-22-20(18-31)9-7-16-32-22)25-13-8-14-29(2)21-10-5-4-6-11-21/h4-6,10-11,20,22H,7-9,12-18H2,1-3H3,(H,25,26). The van der Waals surface area contributed by atoms with Crippen LogP contribution in [0.5, 0.6) is 0 Å². The maximum atomic E-state index is 6.01. The van der Waals surface area contributed by atoms with Crippen molar-refractivity contribution in [3.8, 4) is 0 Å². The highest BCUT2D eigenvalue weighted by Gasteiger charge is 2.33. The minimum atomic E-state index is 0.419. The number of aliphatic imine (C=N–C) groups is 1. The SMILES string of the molecule is Cc1nnc(CN=C(NCCCN(C)c2ccccc2)N2CCC3OCCCC3C2)n1C. The summed E-state index contributed by atoms with van der Waals surface area (Å²) in [6, 6.07) is 10.5. The predicted molar refractivity (Wildman–Crippen MR) is 128 cm³/mol. The van der Waals surface area contributed by atoms with Gasteiger partial charge in [0.15, 0.2) is 11.8 Å². The molecule has 4 rings (SSSR count). The van der Waals surface area contributed by atoms with Crippen molar-refractivity contribution >= 4 is 11.6 Å². The van der Waals surface area contributed by atoms with Crippen LogP contribution in [-0.2, 0) is 18.3 Å². The minimum absolute atomic E-state index is 0.419. The number of piperidine rings is 1. The number of para-hydroxylation sites is 1. The van der Waals surface area contributed by atoms with Crippen molar-refractivity contribution in [2.45, 2.75) is 45.3 Å². The van der Waals surface area contributed by atoms with Gasteiger partial charge in [0.05, 0.1) is 6.10 Å². The lowest BCUT2D eigenvalue weighted by molar-refractivity contribution is -0.0559. The number of hydrogen-bond donors (Lipinski definition) is 1. The molecule has 1 aromatic heterocycles. The van der Waals surface area contributed by atoms with Crippen LogP contribution in [0.4, 0.5) is 5.69 Å². The van der Waals surface area contributed by atoms with E-state index in [1.54, 1.807) is 0 Å². The van der Waals surface area contributed by atoms with Crippen molar-refractivity contribution in [2.24, 2.45) is 18.0 Å². The molecule has 8 heteroatoms. The topological polar surface area (TPSA) is 70.8 Å². The van der Waals surface area contributed by atoms with E-state index in [2.05, 4.69) is 62.7 Å². The molecule has 174 valence electrons. The van der Waals surface area contributed by atoms with E-state index in [1.165, 1.54) is 18.5 Å².